The van der Waals surface area contributed by atoms with E-state index >= 15 is 0 Å². The predicted octanol–water partition coefficient (Wildman–Crippen LogP) is 2.13. The van der Waals surface area contributed by atoms with Crippen molar-refractivity contribution in [3.05, 3.63) is 41.7 Å². The van der Waals surface area contributed by atoms with Gasteiger partial charge in [-0.2, -0.15) is 0 Å². The van der Waals surface area contributed by atoms with Crippen LogP contribution < -0.4 is 5.32 Å². The normalized spacial score (nSPS) is 14.2. The molecular formula is C16H18N4O2S. The van der Waals surface area contributed by atoms with Gasteiger partial charge in [0.05, 0.1) is 11.4 Å². The first kappa shape index (κ1) is 15.6. The number of imidazole rings is 1. The molecular weight excluding hydrogens is 312 g/mol. The second-order valence-electron chi connectivity index (χ2n) is 5.44. The molecule has 7 heteroatoms. The quantitative estimate of drug-likeness (QED) is 0.872. The van der Waals surface area contributed by atoms with Crippen molar-refractivity contribution in [3.8, 4) is 5.69 Å². The lowest BCUT2D eigenvalue weighted by Crippen LogP contribution is -2.35. The van der Waals surface area contributed by atoms with Crippen molar-refractivity contribution >= 4 is 23.7 Å². The molecule has 23 heavy (non-hydrogen) atoms. The molecule has 1 aromatic carbocycles. The lowest BCUT2D eigenvalue weighted by Gasteiger charge is -2.13. The number of hydrogen-bond acceptors (Lipinski definition) is 4. The number of hydrogen-bond donors (Lipinski definition) is 1. The fourth-order valence-corrected chi connectivity index (χ4v) is 3.31. The van der Waals surface area contributed by atoms with Gasteiger partial charge in [0.15, 0.2) is 5.16 Å². The first-order chi connectivity index (χ1) is 11.1. The maximum Gasteiger partial charge on any atom is 0.324 e. The molecule has 0 unspecified atom stereocenters. The van der Waals surface area contributed by atoms with Crippen LogP contribution in [0.15, 0.2) is 35.7 Å². The molecule has 0 radical (unpaired) electrons. The number of rotatable bonds is 4. The van der Waals surface area contributed by atoms with Gasteiger partial charge in [-0.25, -0.2) is 9.78 Å². The Kier molecular flexibility index (Phi) is 4.38. The molecule has 0 spiro atoms. The van der Waals surface area contributed by atoms with Gasteiger partial charge >= 0.3 is 6.03 Å². The van der Waals surface area contributed by atoms with Crippen molar-refractivity contribution in [2.75, 3.05) is 18.8 Å². The third-order valence-electron chi connectivity index (χ3n) is 3.71. The molecule has 0 atom stereocenters. The molecule has 2 aromatic rings. The summed E-state index contributed by atoms with van der Waals surface area (Å²) >= 11 is 1.34. The number of aromatic nitrogens is 2. The highest BCUT2D eigenvalue weighted by Crippen LogP contribution is 2.24. The second-order valence-corrected chi connectivity index (χ2v) is 6.38. The van der Waals surface area contributed by atoms with Crippen molar-refractivity contribution < 1.29 is 9.59 Å². The van der Waals surface area contributed by atoms with Crippen LogP contribution in [0.4, 0.5) is 4.79 Å². The number of carbonyl (C=O) groups excluding carboxylic acids is 2. The largest absolute Gasteiger partial charge is 0.336 e. The van der Waals surface area contributed by atoms with Crippen LogP contribution in [-0.2, 0) is 4.79 Å². The van der Waals surface area contributed by atoms with Crippen LogP contribution in [-0.4, -0.2) is 45.2 Å². The van der Waals surface area contributed by atoms with Gasteiger partial charge in [-0.1, -0.05) is 23.9 Å². The van der Waals surface area contributed by atoms with E-state index in [1.54, 1.807) is 6.20 Å². The van der Waals surface area contributed by atoms with Gasteiger partial charge in [0.25, 0.3) is 0 Å². The van der Waals surface area contributed by atoms with Gasteiger partial charge in [-0.05, 0) is 31.0 Å². The molecule has 1 aliphatic rings. The van der Waals surface area contributed by atoms with Gasteiger partial charge in [-0.3, -0.25) is 14.3 Å². The molecule has 0 bridgehead atoms. The number of urea groups is 1. The summed E-state index contributed by atoms with van der Waals surface area (Å²) in [4.78, 5) is 29.2. The third-order valence-corrected chi connectivity index (χ3v) is 4.67. The molecule has 1 aliphatic heterocycles. The number of carbonyl (C=O) groups is 2. The van der Waals surface area contributed by atoms with E-state index in [1.165, 1.54) is 22.2 Å². The Hall–Kier alpha value is -2.28. The summed E-state index contributed by atoms with van der Waals surface area (Å²) < 4.78 is 1.98. The fourth-order valence-electron chi connectivity index (χ4n) is 2.47. The Morgan fingerprint density at radius 2 is 2.22 bits per heavy atom. The lowest BCUT2D eigenvalue weighted by atomic mass is 10.1. The monoisotopic (exact) mass is 330 g/mol. The van der Waals surface area contributed by atoms with E-state index < -0.39 is 0 Å². The highest BCUT2D eigenvalue weighted by Gasteiger charge is 2.26. The average Bonchev–Trinajstić information content (AvgIpc) is 3.16. The smallest absolute Gasteiger partial charge is 0.324 e. The molecule has 0 saturated carbocycles. The van der Waals surface area contributed by atoms with Crippen molar-refractivity contribution in [2.24, 2.45) is 0 Å². The van der Waals surface area contributed by atoms with Crippen molar-refractivity contribution in [3.63, 3.8) is 0 Å². The number of nitrogens with zero attached hydrogens (tertiary/aromatic N) is 3. The van der Waals surface area contributed by atoms with Crippen LogP contribution in [0.1, 0.15) is 11.1 Å². The summed E-state index contributed by atoms with van der Waals surface area (Å²) in [6, 6.07) is 5.92. The van der Waals surface area contributed by atoms with E-state index in [9.17, 15) is 9.59 Å². The van der Waals surface area contributed by atoms with Gasteiger partial charge in [-0.15, -0.1) is 0 Å². The zero-order valence-electron chi connectivity index (χ0n) is 13.1. The molecule has 120 valence electrons. The van der Waals surface area contributed by atoms with E-state index in [1.807, 2.05) is 24.6 Å². The Morgan fingerprint density at radius 1 is 1.39 bits per heavy atom. The SMILES string of the molecule is Cc1ccc(C)c(-n2ccnc2SCC(=O)N2CCNC2=O)c1. The van der Waals surface area contributed by atoms with Gasteiger partial charge in [0, 0.05) is 25.5 Å². The summed E-state index contributed by atoms with van der Waals surface area (Å²) in [6.45, 7) is 5.04. The van der Waals surface area contributed by atoms with Crippen LogP contribution in [0.3, 0.4) is 0 Å². The van der Waals surface area contributed by atoms with Crippen LogP contribution >= 0.6 is 11.8 Å². The number of thioether (sulfide) groups is 1. The molecule has 3 rings (SSSR count). The highest BCUT2D eigenvalue weighted by atomic mass is 32.2. The molecule has 1 aromatic heterocycles. The number of amides is 3. The van der Waals surface area contributed by atoms with Crippen molar-refractivity contribution in [1.29, 1.82) is 0 Å². The molecule has 1 fully saturated rings. The minimum atomic E-state index is -0.312. The van der Waals surface area contributed by atoms with Crippen LogP contribution in [0.2, 0.25) is 0 Å². The predicted molar refractivity (Wildman–Crippen MR) is 88.9 cm³/mol. The summed E-state index contributed by atoms with van der Waals surface area (Å²) in [5.41, 5.74) is 3.36. The minimum Gasteiger partial charge on any atom is -0.336 e. The first-order valence-electron chi connectivity index (χ1n) is 7.38. The number of imide groups is 1. The molecule has 0 aliphatic carbocycles. The lowest BCUT2D eigenvalue weighted by molar-refractivity contribution is -0.124. The summed E-state index contributed by atoms with van der Waals surface area (Å²) in [5, 5.41) is 3.37. The van der Waals surface area contributed by atoms with E-state index in [-0.39, 0.29) is 17.7 Å². The minimum absolute atomic E-state index is 0.190. The Bertz CT molecular complexity index is 756. The summed E-state index contributed by atoms with van der Waals surface area (Å²) in [5.74, 6) is -0.00419. The van der Waals surface area contributed by atoms with E-state index in [2.05, 4.69) is 28.5 Å². The van der Waals surface area contributed by atoms with E-state index in [4.69, 9.17) is 0 Å². The number of benzene rings is 1. The van der Waals surface area contributed by atoms with Crippen molar-refractivity contribution in [1.82, 2.24) is 19.8 Å². The zero-order valence-corrected chi connectivity index (χ0v) is 13.9. The zero-order chi connectivity index (χ0) is 16.4. The maximum absolute atomic E-state index is 12.1. The maximum atomic E-state index is 12.1. The Balaban J connectivity index is 1.75. The van der Waals surface area contributed by atoms with Crippen molar-refractivity contribution in [2.45, 2.75) is 19.0 Å². The van der Waals surface area contributed by atoms with Crippen LogP contribution in [0, 0.1) is 13.8 Å². The average molecular weight is 330 g/mol. The first-order valence-corrected chi connectivity index (χ1v) is 8.37. The summed E-state index contributed by atoms with van der Waals surface area (Å²) in [7, 11) is 0. The Morgan fingerprint density at radius 3 is 2.96 bits per heavy atom. The molecule has 3 amide bonds. The van der Waals surface area contributed by atoms with E-state index in [0.29, 0.717) is 13.1 Å². The molecule has 6 nitrogen and oxygen atoms in total. The van der Waals surface area contributed by atoms with Crippen LogP contribution in [0.5, 0.6) is 0 Å². The molecule has 1 N–H and O–H groups in total. The summed E-state index contributed by atoms with van der Waals surface area (Å²) in [6.07, 6.45) is 3.61. The van der Waals surface area contributed by atoms with Gasteiger partial charge in [0.1, 0.15) is 0 Å². The molecule has 2 heterocycles. The number of aryl methyl sites for hydroxylation is 2. The fraction of sp³-hybridized carbons (Fsp3) is 0.312. The number of nitrogens with one attached hydrogen (secondary N) is 1. The second kappa shape index (κ2) is 6.45. The van der Waals surface area contributed by atoms with E-state index in [0.717, 1.165) is 16.4 Å². The highest BCUT2D eigenvalue weighted by molar-refractivity contribution is 7.99. The van der Waals surface area contributed by atoms with Gasteiger partial charge in [0.2, 0.25) is 5.91 Å². The standard InChI is InChI=1S/C16H18N4O2S/c1-11-3-4-12(2)13(9-11)19-7-6-18-16(19)23-10-14(21)20-8-5-17-15(20)22/h3-4,6-7,9H,5,8,10H2,1-2H3,(H,17,22). The third kappa shape index (κ3) is 3.24. The van der Waals surface area contributed by atoms with Crippen LogP contribution in [0.25, 0.3) is 5.69 Å². The molecule has 1 saturated heterocycles. The van der Waals surface area contributed by atoms with Gasteiger partial charge < -0.3 is 5.32 Å². The Labute approximate surface area is 138 Å². The topological polar surface area (TPSA) is 67.2 Å².